The third-order valence-corrected chi connectivity index (χ3v) is 3.29. The lowest BCUT2D eigenvalue weighted by molar-refractivity contribution is 0.244. The molecule has 0 spiro atoms. The standard InChI is InChI=1S/C10H19N3/c1-3-7(2)13-9(8-4-5-8)6-12-10(13)11/h7-9H,3-6H2,1-2H3,(H2,11,12). The van der Waals surface area contributed by atoms with Crippen LogP contribution in [0.1, 0.15) is 33.1 Å². The number of hydrogen-bond acceptors (Lipinski definition) is 3. The van der Waals surface area contributed by atoms with Crippen LogP contribution in [0.4, 0.5) is 0 Å². The first-order valence-corrected chi connectivity index (χ1v) is 5.32. The van der Waals surface area contributed by atoms with Crippen molar-refractivity contribution >= 4 is 5.96 Å². The predicted octanol–water partition coefficient (Wildman–Crippen LogP) is 1.19. The van der Waals surface area contributed by atoms with Gasteiger partial charge in [-0.05, 0) is 32.1 Å². The molecule has 0 amide bonds. The fourth-order valence-corrected chi connectivity index (χ4v) is 2.13. The fraction of sp³-hybridized carbons (Fsp3) is 0.900. The molecule has 2 rings (SSSR count). The minimum absolute atomic E-state index is 0.553. The van der Waals surface area contributed by atoms with E-state index in [2.05, 4.69) is 23.7 Å². The van der Waals surface area contributed by atoms with E-state index in [9.17, 15) is 0 Å². The Balaban J connectivity index is 2.05. The monoisotopic (exact) mass is 181 g/mol. The van der Waals surface area contributed by atoms with Gasteiger partial charge in [-0.3, -0.25) is 4.99 Å². The molecule has 0 aromatic heterocycles. The molecule has 0 aromatic carbocycles. The van der Waals surface area contributed by atoms with E-state index in [0.717, 1.165) is 24.8 Å². The van der Waals surface area contributed by atoms with Crippen molar-refractivity contribution in [1.82, 2.24) is 4.90 Å². The molecule has 0 aromatic rings. The van der Waals surface area contributed by atoms with Gasteiger partial charge in [0.1, 0.15) is 0 Å². The third kappa shape index (κ3) is 1.52. The van der Waals surface area contributed by atoms with Crippen molar-refractivity contribution in [1.29, 1.82) is 0 Å². The lowest BCUT2D eigenvalue weighted by Crippen LogP contribution is -2.47. The normalized spacial score (nSPS) is 30.5. The summed E-state index contributed by atoms with van der Waals surface area (Å²) in [5, 5.41) is 0. The molecular formula is C10H19N3. The minimum atomic E-state index is 0.553. The van der Waals surface area contributed by atoms with Crippen LogP contribution in [0, 0.1) is 5.92 Å². The highest BCUT2D eigenvalue weighted by atomic mass is 15.3. The second-order valence-corrected chi connectivity index (χ2v) is 4.27. The molecule has 1 fully saturated rings. The zero-order chi connectivity index (χ0) is 9.42. The van der Waals surface area contributed by atoms with E-state index in [-0.39, 0.29) is 0 Å². The van der Waals surface area contributed by atoms with Gasteiger partial charge in [-0.15, -0.1) is 0 Å². The first-order valence-electron chi connectivity index (χ1n) is 5.32. The Kier molecular flexibility index (Phi) is 2.18. The van der Waals surface area contributed by atoms with Crippen LogP contribution in [0.5, 0.6) is 0 Å². The van der Waals surface area contributed by atoms with Crippen LogP contribution in [-0.4, -0.2) is 29.5 Å². The van der Waals surface area contributed by atoms with Crippen LogP contribution >= 0.6 is 0 Å². The van der Waals surface area contributed by atoms with E-state index in [0.29, 0.717) is 12.1 Å². The molecule has 1 aliphatic heterocycles. The number of hydrogen-bond donors (Lipinski definition) is 1. The minimum Gasteiger partial charge on any atom is -0.370 e. The number of nitrogens with zero attached hydrogens (tertiary/aromatic N) is 2. The Labute approximate surface area is 80.0 Å². The SMILES string of the molecule is CCC(C)N1C(N)=NCC1C1CC1. The van der Waals surface area contributed by atoms with E-state index in [1.807, 2.05) is 0 Å². The first-order chi connectivity index (χ1) is 6.24. The largest absolute Gasteiger partial charge is 0.370 e. The maximum atomic E-state index is 5.89. The highest BCUT2D eigenvalue weighted by molar-refractivity contribution is 5.80. The van der Waals surface area contributed by atoms with Crippen molar-refractivity contribution < 1.29 is 0 Å². The summed E-state index contributed by atoms with van der Waals surface area (Å²) < 4.78 is 0. The van der Waals surface area contributed by atoms with E-state index >= 15 is 0 Å². The molecule has 1 heterocycles. The van der Waals surface area contributed by atoms with E-state index in [1.165, 1.54) is 12.8 Å². The molecule has 3 heteroatoms. The van der Waals surface area contributed by atoms with Crippen molar-refractivity contribution in [3.05, 3.63) is 0 Å². The van der Waals surface area contributed by atoms with Crippen molar-refractivity contribution in [2.45, 2.75) is 45.2 Å². The van der Waals surface area contributed by atoms with E-state index in [4.69, 9.17) is 5.73 Å². The summed E-state index contributed by atoms with van der Waals surface area (Å²) in [5.41, 5.74) is 5.89. The molecule has 2 aliphatic rings. The summed E-state index contributed by atoms with van der Waals surface area (Å²) in [6.45, 7) is 5.38. The molecule has 74 valence electrons. The summed E-state index contributed by atoms with van der Waals surface area (Å²) in [6.07, 6.45) is 3.90. The first kappa shape index (κ1) is 8.85. The van der Waals surface area contributed by atoms with Gasteiger partial charge >= 0.3 is 0 Å². The summed E-state index contributed by atoms with van der Waals surface area (Å²) in [7, 11) is 0. The van der Waals surface area contributed by atoms with Crippen molar-refractivity contribution in [3.63, 3.8) is 0 Å². The van der Waals surface area contributed by atoms with Crippen LogP contribution in [0.25, 0.3) is 0 Å². The van der Waals surface area contributed by atoms with Crippen molar-refractivity contribution in [2.75, 3.05) is 6.54 Å². The van der Waals surface area contributed by atoms with Crippen LogP contribution in [-0.2, 0) is 0 Å². The molecule has 0 radical (unpaired) electrons. The second-order valence-electron chi connectivity index (χ2n) is 4.27. The van der Waals surface area contributed by atoms with Gasteiger partial charge in [0.05, 0.1) is 12.6 Å². The van der Waals surface area contributed by atoms with Crippen LogP contribution in [0.3, 0.4) is 0 Å². The molecule has 3 nitrogen and oxygen atoms in total. The fourth-order valence-electron chi connectivity index (χ4n) is 2.13. The van der Waals surface area contributed by atoms with Gasteiger partial charge in [-0.2, -0.15) is 0 Å². The Morgan fingerprint density at radius 1 is 1.62 bits per heavy atom. The highest BCUT2D eigenvalue weighted by Crippen LogP contribution is 2.38. The van der Waals surface area contributed by atoms with Crippen molar-refractivity contribution in [3.8, 4) is 0 Å². The summed E-state index contributed by atoms with van der Waals surface area (Å²) >= 11 is 0. The van der Waals surface area contributed by atoms with Gasteiger partial charge < -0.3 is 10.6 Å². The Morgan fingerprint density at radius 3 is 2.85 bits per heavy atom. The average Bonchev–Trinajstić information content (AvgIpc) is 2.89. The molecule has 0 bridgehead atoms. The molecule has 2 N–H and O–H groups in total. The topological polar surface area (TPSA) is 41.6 Å². The van der Waals surface area contributed by atoms with Gasteiger partial charge in [0, 0.05) is 6.04 Å². The molecule has 1 saturated carbocycles. The average molecular weight is 181 g/mol. The Hall–Kier alpha value is -0.730. The molecular weight excluding hydrogens is 162 g/mol. The van der Waals surface area contributed by atoms with Crippen molar-refractivity contribution in [2.24, 2.45) is 16.6 Å². The Morgan fingerprint density at radius 2 is 2.31 bits per heavy atom. The summed E-state index contributed by atoms with van der Waals surface area (Å²) in [6, 6.07) is 1.17. The zero-order valence-electron chi connectivity index (χ0n) is 8.53. The maximum Gasteiger partial charge on any atom is 0.191 e. The van der Waals surface area contributed by atoms with Gasteiger partial charge in [0.25, 0.3) is 0 Å². The van der Waals surface area contributed by atoms with E-state index < -0.39 is 0 Å². The lowest BCUT2D eigenvalue weighted by atomic mass is 10.1. The molecule has 1 aliphatic carbocycles. The maximum absolute atomic E-state index is 5.89. The highest BCUT2D eigenvalue weighted by Gasteiger charge is 2.40. The summed E-state index contributed by atoms with van der Waals surface area (Å²) in [5.74, 6) is 1.64. The van der Waals surface area contributed by atoms with Crippen LogP contribution < -0.4 is 5.73 Å². The number of guanidine groups is 1. The summed E-state index contributed by atoms with van der Waals surface area (Å²) in [4.78, 5) is 6.68. The molecule has 2 atom stereocenters. The third-order valence-electron chi connectivity index (χ3n) is 3.29. The van der Waals surface area contributed by atoms with Crippen LogP contribution in [0.2, 0.25) is 0 Å². The Bertz CT molecular complexity index is 220. The molecule has 13 heavy (non-hydrogen) atoms. The van der Waals surface area contributed by atoms with Gasteiger partial charge in [0.2, 0.25) is 0 Å². The van der Waals surface area contributed by atoms with Crippen LogP contribution in [0.15, 0.2) is 4.99 Å². The number of nitrogens with two attached hydrogens (primary N) is 1. The van der Waals surface area contributed by atoms with E-state index in [1.54, 1.807) is 0 Å². The number of aliphatic imine (C=N–C) groups is 1. The smallest absolute Gasteiger partial charge is 0.191 e. The molecule has 2 unspecified atom stereocenters. The van der Waals surface area contributed by atoms with Gasteiger partial charge in [0.15, 0.2) is 5.96 Å². The molecule has 0 saturated heterocycles. The lowest BCUT2D eigenvalue weighted by Gasteiger charge is -2.31. The second kappa shape index (κ2) is 3.20. The zero-order valence-corrected chi connectivity index (χ0v) is 8.53. The number of rotatable bonds is 3. The van der Waals surface area contributed by atoms with Gasteiger partial charge in [-0.1, -0.05) is 6.92 Å². The van der Waals surface area contributed by atoms with Gasteiger partial charge in [-0.25, -0.2) is 0 Å². The quantitative estimate of drug-likeness (QED) is 0.710. The predicted molar refractivity (Wildman–Crippen MR) is 54.6 cm³/mol.